The molecule has 1 rings (SSSR count). The Kier molecular flexibility index (Phi) is 2.22. The van der Waals surface area contributed by atoms with Crippen LogP contribution < -0.4 is 0 Å². The van der Waals surface area contributed by atoms with Crippen LogP contribution in [0.15, 0.2) is 16.8 Å². The normalized spacial score (nSPS) is 23.6. The van der Waals surface area contributed by atoms with Gasteiger partial charge < -0.3 is 5.21 Å². The molecule has 0 aromatic carbocycles. The van der Waals surface area contributed by atoms with Gasteiger partial charge in [-0.1, -0.05) is 11.2 Å². The van der Waals surface area contributed by atoms with E-state index >= 15 is 0 Å². The minimum Gasteiger partial charge on any atom is -0.411 e. The maximum Gasteiger partial charge on any atom is 0.251 e. The van der Waals surface area contributed by atoms with Gasteiger partial charge in [-0.05, 0) is 12.0 Å². The molecule has 0 aliphatic heterocycles. The molecular weight excluding hydrogens is 152 g/mol. The van der Waals surface area contributed by atoms with Crippen LogP contribution in [0.4, 0.5) is 8.78 Å². The molecule has 0 saturated carbocycles. The molecule has 62 valence electrons. The van der Waals surface area contributed by atoms with E-state index < -0.39 is 5.92 Å². The van der Waals surface area contributed by atoms with Crippen LogP contribution in [0, 0.1) is 0 Å². The van der Waals surface area contributed by atoms with Crippen LogP contribution in [-0.4, -0.2) is 17.3 Å². The zero-order valence-electron chi connectivity index (χ0n) is 5.93. The first kappa shape index (κ1) is 8.17. The molecule has 4 heteroatoms. The highest BCUT2D eigenvalue weighted by Crippen LogP contribution is 2.31. The number of allylic oxidation sites excluding steroid dienone is 2. The third-order valence-corrected chi connectivity index (χ3v) is 1.67. The molecule has 0 fully saturated rings. The van der Waals surface area contributed by atoms with Gasteiger partial charge in [0.1, 0.15) is 0 Å². The second kappa shape index (κ2) is 2.98. The minimum atomic E-state index is -2.56. The Hall–Kier alpha value is -0.930. The maximum absolute atomic E-state index is 12.5. The lowest BCUT2D eigenvalue weighted by molar-refractivity contribution is -0.00791. The van der Waals surface area contributed by atoms with E-state index in [1.54, 1.807) is 0 Å². The summed E-state index contributed by atoms with van der Waals surface area (Å²) >= 11 is 0. The summed E-state index contributed by atoms with van der Waals surface area (Å²) in [4.78, 5) is 0. The number of rotatable bonds is 1. The molecule has 0 unspecified atom stereocenters. The van der Waals surface area contributed by atoms with E-state index in [2.05, 4.69) is 5.16 Å². The Morgan fingerprint density at radius 1 is 1.64 bits per heavy atom. The number of alkyl halides is 2. The van der Waals surface area contributed by atoms with Crippen LogP contribution in [0.1, 0.15) is 19.3 Å². The Morgan fingerprint density at radius 3 is 2.82 bits per heavy atom. The Bertz CT molecular complexity index is 199. The lowest BCUT2D eigenvalue weighted by Gasteiger charge is -2.18. The summed E-state index contributed by atoms with van der Waals surface area (Å²) in [6, 6.07) is 0. The van der Waals surface area contributed by atoms with E-state index in [0.717, 1.165) is 0 Å². The minimum absolute atomic E-state index is 0.148. The van der Waals surface area contributed by atoms with Gasteiger partial charge in [0.15, 0.2) is 0 Å². The van der Waals surface area contributed by atoms with Crippen molar-refractivity contribution in [2.75, 3.05) is 0 Å². The number of hydrogen-bond donors (Lipinski definition) is 1. The van der Waals surface area contributed by atoms with Crippen molar-refractivity contribution < 1.29 is 14.0 Å². The average Bonchev–Trinajstić information content (AvgIpc) is 1.94. The fourth-order valence-corrected chi connectivity index (χ4v) is 1.00. The predicted octanol–water partition coefficient (Wildman–Crippen LogP) is 2.19. The van der Waals surface area contributed by atoms with E-state index in [0.29, 0.717) is 5.57 Å². The summed E-state index contributed by atoms with van der Waals surface area (Å²) < 4.78 is 24.9. The van der Waals surface area contributed by atoms with Crippen LogP contribution >= 0.6 is 0 Å². The molecule has 1 aliphatic carbocycles. The molecule has 0 atom stereocenters. The molecule has 0 saturated heterocycles. The SMILES string of the molecule is O/N=C/C1=CCC(F)(F)CC1. The second-order valence-corrected chi connectivity index (χ2v) is 2.58. The zero-order chi connectivity index (χ0) is 8.32. The monoisotopic (exact) mass is 161 g/mol. The zero-order valence-corrected chi connectivity index (χ0v) is 5.93. The van der Waals surface area contributed by atoms with Crippen molar-refractivity contribution in [3.05, 3.63) is 11.6 Å². The molecule has 0 heterocycles. The predicted molar refractivity (Wildman–Crippen MR) is 37.2 cm³/mol. The lowest BCUT2D eigenvalue weighted by Crippen LogP contribution is -2.18. The quantitative estimate of drug-likeness (QED) is 0.357. The molecule has 11 heavy (non-hydrogen) atoms. The molecule has 2 nitrogen and oxygen atoms in total. The first-order chi connectivity index (χ1) is 5.14. The van der Waals surface area contributed by atoms with E-state index in [1.165, 1.54) is 12.3 Å². The van der Waals surface area contributed by atoms with Gasteiger partial charge in [-0.25, -0.2) is 8.78 Å². The fraction of sp³-hybridized carbons (Fsp3) is 0.571. The van der Waals surface area contributed by atoms with Crippen molar-refractivity contribution >= 4 is 6.21 Å². The third-order valence-electron chi connectivity index (χ3n) is 1.67. The Morgan fingerprint density at radius 2 is 2.36 bits per heavy atom. The number of hydrogen-bond acceptors (Lipinski definition) is 2. The van der Waals surface area contributed by atoms with Gasteiger partial charge in [0, 0.05) is 12.8 Å². The van der Waals surface area contributed by atoms with Crippen molar-refractivity contribution in [2.24, 2.45) is 5.16 Å². The molecule has 1 aliphatic rings. The van der Waals surface area contributed by atoms with Gasteiger partial charge in [-0.15, -0.1) is 0 Å². The Labute approximate surface area is 63.2 Å². The van der Waals surface area contributed by atoms with Gasteiger partial charge in [-0.2, -0.15) is 0 Å². The van der Waals surface area contributed by atoms with Crippen molar-refractivity contribution in [1.29, 1.82) is 0 Å². The molecule has 0 amide bonds. The van der Waals surface area contributed by atoms with Crippen LogP contribution in [-0.2, 0) is 0 Å². The number of nitrogens with zero attached hydrogens (tertiary/aromatic N) is 1. The molecule has 0 aromatic rings. The highest BCUT2D eigenvalue weighted by atomic mass is 19.3. The summed E-state index contributed by atoms with van der Waals surface area (Å²) in [5.74, 6) is -2.56. The first-order valence-electron chi connectivity index (χ1n) is 3.38. The average molecular weight is 161 g/mol. The summed E-state index contributed by atoms with van der Waals surface area (Å²) in [6.45, 7) is 0. The second-order valence-electron chi connectivity index (χ2n) is 2.58. The summed E-state index contributed by atoms with van der Waals surface area (Å²) in [7, 11) is 0. The van der Waals surface area contributed by atoms with Crippen LogP contribution in [0.5, 0.6) is 0 Å². The van der Waals surface area contributed by atoms with Gasteiger partial charge >= 0.3 is 0 Å². The van der Waals surface area contributed by atoms with E-state index in [9.17, 15) is 8.78 Å². The van der Waals surface area contributed by atoms with Gasteiger partial charge in [-0.3, -0.25) is 0 Å². The highest BCUT2D eigenvalue weighted by Gasteiger charge is 2.30. The van der Waals surface area contributed by atoms with Crippen molar-refractivity contribution in [3.8, 4) is 0 Å². The van der Waals surface area contributed by atoms with Crippen molar-refractivity contribution in [2.45, 2.75) is 25.2 Å². The Balaban J connectivity index is 2.57. The van der Waals surface area contributed by atoms with Crippen LogP contribution in [0.25, 0.3) is 0 Å². The van der Waals surface area contributed by atoms with Crippen molar-refractivity contribution in [1.82, 2.24) is 0 Å². The van der Waals surface area contributed by atoms with E-state index in [4.69, 9.17) is 5.21 Å². The van der Waals surface area contributed by atoms with E-state index in [1.807, 2.05) is 0 Å². The van der Waals surface area contributed by atoms with Crippen LogP contribution in [0.2, 0.25) is 0 Å². The highest BCUT2D eigenvalue weighted by molar-refractivity contribution is 5.78. The lowest BCUT2D eigenvalue weighted by atomic mass is 9.97. The first-order valence-corrected chi connectivity index (χ1v) is 3.38. The molecular formula is C7H9F2NO. The molecule has 0 aromatic heterocycles. The molecule has 0 spiro atoms. The standard InChI is InChI=1S/C7H9F2NO/c8-7(9)3-1-6(2-4-7)5-10-11/h1,5,11H,2-4H2/b10-5+. The summed E-state index contributed by atoms with van der Waals surface area (Å²) in [5, 5.41) is 10.9. The third kappa shape index (κ3) is 2.29. The number of halogens is 2. The number of oxime groups is 1. The molecule has 1 N–H and O–H groups in total. The smallest absolute Gasteiger partial charge is 0.251 e. The fourth-order valence-electron chi connectivity index (χ4n) is 1.00. The van der Waals surface area contributed by atoms with Gasteiger partial charge in [0.05, 0.1) is 6.21 Å². The van der Waals surface area contributed by atoms with Crippen LogP contribution in [0.3, 0.4) is 0 Å². The molecule has 0 bridgehead atoms. The topological polar surface area (TPSA) is 32.6 Å². The van der Waals surface area contributed by atoms with Gasteiger partial charge in [0.2, 0.25) is 0 Å². The van der Waals surface area contributed by atoms with Crippen molar-refractivity contribution in [3.63, 3.8) is 0 Å². The largest absolute Gasteiger partial charge is 0.411 e. The molecule has 0 radical (unpaired) electrons. The van der Waals surface area contributed by atoms with E-state index in [-0.39, 0.29) is 19.3 Å². The summed E-state index contributed by atoms with van der Waals surface area (Å²) in [5.41, 5.74) is 0.679. The summed E-state index contributed by atoms with van der Waals surface area (Å²) in [6.07, 6.45) is 2.51. The van der Waals surface area contributed by atoms with Gasteiger partial charge in [0.25, 0.3) is 5.92 Å². The maximum atomic E-state index is 12.5.